The van der Waals surface area contributed by atoms with Gasteiger partial charge in [0, 0.05) is 4.11 Å². The number of hydrogen-bond donors (Lipinski definition) is 2. The van der Waals surface area contributed by atoms with Crippen LogP contribution in [0.15, 0.2) is 18.1 Å². The van der Waals surface area contributed by atoms with Crippen LogP contribution in [0.1, 0.15) is 24.7 Å². The average molecular weight is 423 g/mol. The number of hydrogen-bond acceptors (Lipinski definition) is 6. The number of halogens is 7. The molecule has 2 atom stereocenters. The summed E-state index contributed by atoms with van der Waals surface area (Å²) in [5.41, 5.74) is -0.792. The van der Waals surface area contributed by atoms with E-state index in [1.165, 1.54) is 10.6 Å². The van der Waals surface area contributed by atoms with Crippen LogP contribution in [0.2, 0.25) is 5.15 Å². The van der Waals surface area contributed by atoms with Crippen molar-refractivity contribution in [2.75, 3.05) is 10.6 Å². The van der Waals surface area contributed by atoms with Crippen LogP contribution in [0.25, 0.3) is 11.5 Å². The standard InChI is InChI=1S/C14H13ClF6N6/c1-6(13(16,17)18)22-11-25-10(8-4-3-5-9(15)24-8)26-12(27-11)23-7(2)14(19,20)21/h3-7H,1-2H3,(H2,22,23,25,26,27)/t6-,7-/m1/s1/i1D3,3D,4D,5D,6D,7D. The quantitative estimate of drug-likeness (QED) is 0.552. The van der Waals surface area contributed by atoms with Gasteiger partial charge in [-0.1, -0.05) is 17.6 Å². The van der Waals surface area contributed by atoms with Gasteiger partial charge in [0.15, 0.2) is 5.82 Å². The SMILES string of the molecule is [2H]c1c(Cl)nc(-c2nc(N[C@]([2H])(C([2H])([2H])[2H])C(F)(F)F)nc(N[C@]([2H])(C)C(F)(F)F)n2)c([2H])c1[2H]. The lowest BCUT2D eigenvalue weighted by Crippen LogP contribution is -2.35. The van der Waals surface area contributed by atoms with Crippen molar-refractivity contribution in [1.29, 1.82) is 0 Å². The minimum Gasteiger partial charge on any atom is -0.343 e. The van der Waals surface area contributed by atoms with Crippen molar-refractivity contribution in [3.63, 3.8) is 0 Å². The Labute approximate surface area is 165 Å². The molecule has 0 fully saturated rings. The van der Waals surface area contributed by atoms with Crippen molar-refractivity contribution in [2.24, 2.45) is 0 Å². The average Bonchev–Trinajstić information content (AvgIpc) is 2.65. The molecule has 0 amide bonds. The highest BCUT2D eigenvalue weighted by Gasteiger charge is 2.38. The van der Waals surface area contributed by atoms with Gasteiger partial charge >= 0.3 is 12.4 Å². The number of pyridine rings is 1. The Balaban J connectivity index is 2.79. The van der Waals surface area contributed by atoms with Crippen molar-refractivity contribution in [3.8, 4) is 11.5 Å². The number of rotatable bonds is 5. The third-order valence-corrected chi connectivity index (χ3v) is 2.83. The second kappa shape index (κ2) is 7.71. The predicted octanol–water partition coefficient (Wildman–Crippen LogP) is 4.31. The van der Waals surface area contributed by atoms with Gasteiger partial charge in [-0.2, -0.15) is 41.3 Å². The van der Waals surface area contributed by atoms with Crippen LogP contribution < -0.4 is 10.6 Å². The van der Waals surface area contributed by atoms with Gasteiger partial charge in [0.05, 0.1) is 6.85 Å². The van der Waals surface area contributed by atoms with Crippen molar-refractivity contribution < 1.29 is 37.3 Å². The van der Waals surface area contributed by atoms with Crippen LogP contribution in [0.4, 0.5) is 38.2 Å². The molecule has 13 heteroatoms. The maximum Gasteiger partial charge on any atom is 0.408 e. The molecule has 2 aromatic heterocycles. The summed E-state index contributed by atoms with van der Waals surface area (Å²) in [5, 5.41) is 1.99. The Morgan fingerprint density at radius 1 is 1.00 bits per heavy atom. The summed E-state index contributed by atoms with van der Waals surface area (Å²) in [7, 11) is 0. The van der Waals surface area contributed by atoms with Crippen LogP contribution in [-0.2, 0) is 0 Å². The maximum absolute atomic E-state index is 13.5. The zero-order valence-corrected chi connectivity index (χ0v) is 13.7. The summed E-state index contributed by atoms with van der Waals surface area (Å²) in [4.78, 5) is 13.6. The van der Waals surface area contributed by atoms with E-state index in [0.717, 1.165) is 0 Å². The first-order valence-electron chi connectivity index (χ1n) is 10.6. The molecule has 0 bridgehead atoms. The fourth-order valence-electron chi connectivity index (χ4n) is 1.42. The van der Waals surface area contributed by atoms with E-state index in [9.17, 15) is 26.3 Å². The molecule has 27 heavy (non-hydrogen) atoms. The second-order valence-electron chi connectivity index (χ2n) is 4.68. The molecule has 0 unspecified atom stereocenters. The first-order chi connectivity index (χ1) is 15.5. The van der Waals surface area contributed by atoms with Crippen molar-refractivity contribution >= 4 is 23.5 Å². The summed E-state index contributed by atoms with van der Waals surface area (Å²) < 4.78 is 139. The van der Waals surface area contributed by atoms with Gasteiger partial charge < -0.3 is 10.6 Å². The summed E-state index contributed by atoms with van der Waals surface area (Å²) in [6.07, 6.45) is -11.0. The molecule has 2 aromatic rings. The fraction of sp³-hybridized carbons (Fsp3) is 0.429. The third kappa shape index (κ3) is 5.81. The molecule has 0 aliphatic rings. The molecule has 0 radical (unpaired) electrons. The normalized spacial score (nSPS) is 21.6. The highest BCUT2D eigenvalue weighted by Crippen LogP contribution is 2.26. The van der Waals surface area contributed by atoms with E-state index in [4.69, 9.17) is 22.6 Å². The van der Waals surface area contributed by atoms with Gasteiger partial charge in [-0.05, 0) is 25.9 Å². The summed E-state index contributed by atoms with van der Waals surface area (Å²) in [6.45, 7) is -3.79. The van der Waals surface area contributed by atoms with E-state index < -0.39 is 77.9 Å². The Hall–Kier alpha value is -2.37. The molecule has 148 valence electrons. The van der Waals surface area contributed by atoms with E-state index in [1.54, 1.807) is 0 Å². The van der Waals surface area contributed by atoms with Gasteiger partial charge in [-0.25, -0.2) is 4.98 Å². The van der Waals surface area contributed by atoms with Crippen LogP contribution >= 0.6 is 11.6 Å². The molecule has 0 spiro atoms. The number of nitrogens with one attached hydrogen (secondary N) is 2. The monoisotopic (exact) mass is 422 g/mol. The summed E-state index contributed by atoms with van der Waals surface area (Å²) in [5.74, 6) is -3.59. The molecule has 0 saturated carbocycles. The third-order valence-electron chi connectivity index (χ3n) is 2.65. The van der Waals surface area contributed by atoms with E-state index >= 15 is 0 Å². The maximum atomic E-state index is 13.5. The number of aromatic nitrogens is 4. The molecular formula is C14H13ClF6N6. The van der Waals surface area contributed by atoms with Crippen LogP contribution in [0.5, 0.6) is 0 Å². The van der Waals surface area contributed by atoms with Crippen molar-refractivity contribution in [2.45, 2.75) is 38.2 Å². The molecule has 2 N–H and O–H groups in total. The highest BCUT2D eigenvalue weighted by molar-refractivity contribution is 6.29. The molecule has 6 nitrogen and oxygen atoms in total. The minimum atomic E-state index is -5.78. The minimum absolute atomic E-state index is 0.304. The van der Waals surface area contributed by atoms with E-state index in [1.807, 2.05) is 0 Å². The fourth-order valence-corrected chi connectivity index (χ4v) is 1.55. The number of anilines is 2. The first-order valence-corrected chi connectivity index (χ1v) is 6.99. The molecule has 0 aromatic carbocycles. The molecule has 2 rings (SSSR count). The van der Waals surface area contributed by atoms with Gasteiger partial charge in [-0.15, -0.1) is 0 Å². The topological polar surface area (TPSA) is 75.6 Å². The van der Waals surface area contributed by atoms with Crippen molar-refractivity contribution in [1.82, 2.24) is 19.9 Å². The Morgan fingerprint density at radius 3 is 2.07 bits per heavy atom. The van der Waals surface area contributed by atoms with E-state index in [0.29, 0.717) is 6.92 Å². The lowest BCUT2D eigenvalue weighted by atomic mass is 10.3. The molecule has 0 saturated heterocycles. The summed E-state index contributed by atoms with van der Waals surface area (Å²) >= 11 is 5.68. The van der Waals surface area contributed by atoms with Gasteiger partial charge in [0.25, 0.3) is 0 Å². The van der Waals surface area contributed by atoms with Gasteiger partial charge in [0.2, 0.25) is 11.9 Å². The Kier molecular flexibility index (Phi) is 3.47. The highest BCUT2D eigenvalue weighted by atomic mass is 35.5. The molecule has 2 heterocycles. The first kappa shape index (κ1) is 12.2. The van der Waals surface area contributed by atoms with Gasteiger partial charge in [-0.3, -0.25) is 0 Å². The second-order valence-corrected chi connectivity index (χ2v) is 5.04. The zero-order valence-electron chi connectivity index (χ0n) is 20.9. The smallest absolute Gasteiger partial charge is 0.343 e. The molecular weight excluding hydrogens is 402 g/mol. The van der Waals surface area contributed by atoms with Crippen LogP contribution in [0, 0.1) is 0 Å². The Morgan fingerprint density at radius 2 is 1.56 bits per heavy atom. The predicted molar refractivity (Wildman–Crippen MR) is 86.3 cm³/mol. The lowest BCUT2D eigenvalue weighted by molar-refractivity contribution is -0.139. The number of alkyl halides is 6. The van der Waals surface area contributed by atoms with E-state index in [-0.39, 0.29) is 0 Å². The Bertz CT molecular complexity index is 1110. The summed E-state index contributed by atoms with van der Waals surface area (Å²) in [6, 6.07) is -10.5. The van der Waals surface area contributed by atoms with Crippen molar-refractivity contribution in [3.05, 3.63) is 23.3 Å². The van der Waals surface area contributed by atoms with Crippen LogP contribution in [-0.4, -0.2) is 44.3 Å². The van der Waals surface area contributed by atoms with Gasteiger partial charge in [0.1, 0.15) is 22.9 Å². The van der Waals surface area contributed by atoms with E-state index in [2.05, 4.69) is 19.9 Å². The molecule has 0 aliphatic carbocycles. The molecule has 0 aliphatic heterocycles. The lowest BCUT2D eigenvalue weighted by Gasteiger charge is -2.20. The van der Waals surface area contributed by atoms with Crippen LogP contribution in [0.3, 0.4) is 0 Å². The largest absolute Gasteiger partial charge is 0.408 e. The number of nitrogens with zero attached hydrogens (tertiary/aromatic N) is 4. The zero-order chi connectivity index (χ0) is 27.4.